The standard InChI is InChI=1S/C13H17N3O/c1-10-9-13(2,3)16(14-10)12(15-17)11-7-5-4-6-8-11/h4-8,17H,9H2,1-3H3/b15-12-. The van der Waals surface area contributed by atoms with E-state index in [9.17, 15) is 5.21 Å². The first-order valence-corrected chi connectivity index (χ1v) is 5.66. The van der Waals surface area contributed by atoms with Gasteiger partial charge in [0.2, 0.25) is 0 Å². The lowest BCUT2D eigenvalue weighted by Crippen LogP contribution is -2.41. The molecule has 1 heterocycles. The fraction of sp³-hybridized carbons (Fsp3) is 0.385. The van der Waals surface area contributed by atoms with Gasteiger partial charge in [-0.15, -0.1) is 0 Å². The summed E-state index contributed by atoms with van der Waals surface area (Å²) in [6.45, 7) is 6.16. The second kappa shape index (κ2) is 4.20. The van der Waals surface area contributed by atoms with Crippen molar-refractivity contribution in [2.75, 3.05) is 0 Å². The van der Waals surface area contributed by atoms with Crippen molar-refractivity contribution in [1.82, 2.24) is 5.01 Å². The van der Waals surface area contributed by atoms with Crippen LogP contribution in [0.15, 0.2) is 40.6 Å². The molecule has 2 rings (SSSR count). The third-order valence-electron chi connectivity index (χ3n) is 2.86. The molecule has 1 aromatic carbocycles. The van der Waals surface area contributed by atoms with Gasteiger partial charge in [0.15, 0.2) is 5.84 Å². The van der Waals surface area contributed by atoms with Gasteiger partial charge in [0.05, 0.1) is 5.54 Å². The SMILES string of the molecule is CC1=NN(/C(=N\O)c2ccccc2)C(C)(C)C1. The van der Waals surface area contributed by atoms with E-state index in [-0.39, 0.29) is 5.54 Å². The molecule has 4 nitrogen and oxygen atoms in total. The van der Waals surface area contributed by atoms with Gasteiger partial charge in [-0.1, -0.05) is 35.5 Å². The van der Waals surface area contributed by atoms with Crippen molar-refractivity contribution >= 4 is 11.5 Å². The molecule has 0 spiro atoms. The minimum absolute atomic E-state index is 0.151. The Kier molecular flexibility index (Phi) is 2.88. The predicted octanol–water partition coefficient (Wildman–Crippen LogP) is 2.68. The minimum atomic E-state index is -0.151. The lowest BCUT2D eigenvalue weighted by molar-refractivity contribution is 0.236. The van der Waals surface area contributed by atoms with Crippen LogP contribution in [0, 0.1) is 0 Å². The van der Waals surface area contributed by atoms with Gasteiger partial charge in [0, 0.05) is 17.7 Å². The van der Waals surface area contributed by atoms with E-state index in [1.807, 2.05) is 37.3 Å². The minimum Gasteiger partial charge on any atom is -0.409 e. The molecule has 1 N–H and O–H groups in total. The Morgan fingerprint density at radius 1 is 1.35 bits per heavy atom. The van der Waals surface area contributed by atoms with Crippen molar-refractivity contribution in [1.29, 1.82) is 0 Å². The monoisotopic (exact) mass is 231 g/mol. The number of benzene rings is 1. The van der Waals surface area contributed by atoms with Gasteiger partial charge in [-0.2, -0.15) is 5.10 Å². The summed E-state index contributed by atoms with van der Waals surface area (Å²) in [7, 11) is 0. The molecule has 0 saturated carbocycles. The summed E-state index contributed by atoms with van der Waals surface area (Å²) in [5, 5.41) is 18.9. The van der Waals surface area contributed by atoms with Crippen LogP contribution >= 0.6 is 0 Å². The molecule has 4 heteroatoms. The van der Waals surface area contributed by atoms with E-state index in [1.54, 1.807) is 5.01 Å². The third-order valence-corrected chi connectivity index (χ3v) is 2.86. The van der Waals surface area contributed by atoms with E-state index < -0.39 is 0 Å². The number of hydrogen-bond donors (Lipinski definition) is 1. The molecule has 1 aromatic rings. The summed E-state index contributed by atoms with van der Waals surface area (Å²) in [6.07, 6.45) is 0.874. The van der Waals surface area contributed by atoms with Gasteiger partial charge in [-0.25, -0.2) is 5.01 Å². The van der Waals surface area contributed by atoms with Crippen molar-refractivity contribution in [2.45, 2.75) is 32.7 Å². The van der Waals surface area contributed by atoms with E-state index in [2.05, 4.69) is 24.1 Å². The summed E-state index contributed by atoms with van der Waals surface area (Å²) in [4.78, 5) is 0. The van der Waals surface area contributed by atoms with Crippen molar-refractivity contribution in [3.05, 3.63) is 35.9 Å². The zero-order valence-electron chi connectivity index (χ0n) is 10.4. The summed E-state index contributed by atoms with van der Waals surface area (Å²) >= 11 is 0. The smallest absolute Gasteiger partial charge is 0.195 e. The summed E-state index contributed by atoms with van der Waals surface area (Å²) < 4.78 is 0. The van der Waals surface area contributed by atoms with Gasteiger partial charge < -0.3 is 5.21 Å². The molecule has 0 amide bonds. The molecule has 17 heavy (non-hydrogen) atoms. The van der Waals surface area contributed by atoms with Crippen molar-refractivity contribution in [3.8, 4) is 0 Å². The Balaban J connectivity index is 2.39. The lowest BCUT2D eigenvalue weighted by atomic mass is 9.98. The van der Waals surface area contributed by atoms with Gasteiger partial charge >= 0.3 is 0 Å². The molecular weight excluding hydrogens is 214 g/mol. The Hall–Kier alpha value is -1.84. The van der Waals surface area contributed by atoms with E-state index >= 15 is 0 Å². The van der Waals surface area contributed by atoms with Crippen LogP contribution in [0.1, 0.15) is 32.8 Å². The van der Waals surface area contributed by atoms with Gasteiger partial charge in [-0.3, -0.25) is 0 Å². The first-order chi connectivity index (χ1) is 8.04. The Morgan fingerprint density at radius 3 is 2.47 bits per heavy atom. The molecular formula is C13H17N3O. The fourth-order valence-corrected chi connectivity index (χ4v) is 2.19. The maximum Gasteiger partial charge on any atom is 0.195 e. The molecule has 90 valence electrons. The van der Waals surface area contributed by atoms with Gasteiger partial charge in [-0.05, 0) is 20.8 Å². The molecule has 0 aromatic heterocycles. The van der Waals surface area contributed by atoms with E-state index in [1.165, 1.54) is 0 Å². The van der Waals surface area contributed by atoms with Crippen molar-refractivity contribution < 1.29 is 5.21 Å². The topological polar surface area (TPSA) is 48.2 Å². The maximum absolute atomic E-state index is 9.24. The highest BCUT2D eigenvalue weighted by atomic mass is 16.4. The molecule has 0 saturated heterocycles. The largest absolute Gasteiger partial charge is 0.409 e. The number of hydrazone groups is 1. The lowest BCUT2D eigenvalue weighted by Gasteiger charge is -2.30. The summed E-state index contributed by atoms with van der Waals surface area (Å²) in [5.41, 5.74) is 1.76. The van der Waals surface area contributed by atoms with Gasteiger partial charge in [0.1, 0.15) is 0 Å². The van der Waals surface area contributed by atoms with E-state index in [4.69, 9.17) is 0 Å². The summed E-state index contributed by atoms with van der Waals surface area (Å²) in [6, 6.07) is 9.59. The molecule has 1 aliphatic heterocycles. The maximum atomic E-state index is 9.24. The van der Waals surface area contributed by atoms with Crippen LogP contribution in [-0.2, 0) is 0 Å². The van der Waals surface area contributed by atoms with Gasteiger partial charge in [0.25, 0.3) is 0 Å². The highest BCUT2D eigenvalue weighted by Crippen LogP contribution is 2.28. The average Bonchev–Trinajstić information content (AvgIpc) is 2.55. The normalized spacial score (nSPS) is 19.4. The molecule has 0 fully saturated rings. The number of hydrogen-bond acceptors (Lipinski definition) is 3. The summed E-state index contributed by atoms with van der Waals surface area (Å²) in [5.74, 6) is 0.493. The van der Waals surface area contributed by atoms with Crippen LogP contribution in [-0.4, -0.2) is 27.3 Å². The van der Waals surface area contributed by atoms with Crippen LogP contribution in [0.5, 0.6) is 0 Å². The highest BCUT2D eigenvalue weighted by Gasteiger charge is 2.36. The Morgan fingerprint density at radius 2 is 2.00 bits per heavy atom. The van der Waals surface area contributed by atoms with E-state index in [0.717, 1.165) is 17.7 Å². The van der Waals surface area contributed by atoms with E-state index in [0.29, 0.717) is 5.84 Å². The molecule has 1 aliphatic rings. The molecule has 0 aliphatic carbocycles. The third kappa shape index (κ3) is 2.16. The molecule has 0 radical (unpaired) electrons. The number of oxime groups is 1. The first-order valence-electron chi connectivity index (χ1n) is 5.66. The first kappa shape index (κ1) is 11.6. The number of nitrogens with zero attached hydrogens (tertiary/aromatic N) is 3. The number of amidine groups is 1. The zero-order valence-corrected chi connectivity index (χ0v) is 10.4. The second-order valence-corrected chi connectivity index (χ2v) is 4.93. The van der Waals surface area contributed by atoms with Crippen molar-refractivity contribution in [2.24, 2.45) is 10.3 Å². The van der Waals surface area contributed by atoms with Crippen LogP contribution in [0.2, 0.25) is 0 Å². The number of rotatable bonds is 1. The average molecular weight is 231 g/mol. The zero-order chi connectivity index (χ0) is 12.5. The molecule has 0 atom stereocenters. The van der Waals surface area contributed by atoms with Crippen LogP contribution in [0.25, 0.3) is 0 Å². The molecule has 0 unspecified atom stereocenters. The van der Waals surface area contributed by atoms with Crippen LogP contribution in [0.3, 0.4) is 0 Å². The second-order valence-electron chi connectivity index (χ2n) is 4.93. The fourth-order valence-electron chi connectivity index (χ4n) is 2.19. The van der Waals surface area contributed by atoms with Crippen molar-refractivity contribution in [3.63, 3.8) is 0 Å². The Labute approximate surface area is 101 Å². The Bertz CT molecular complexity index is 463. The quantitative estimate of drug-likeness (QED) is 0.349. The van der Waals surface area contributed by atoms with Crippen LogP contribution < -0.4 is 0 Å². The van der Waals surface area contributed by atoms with Crippen LogP contribution in [0.4, 0.5) is 0 Å². The highest BCUT2D eigenvalue weighted by molar-refractivity contribution is 6.01. The predicted molar refractivity (Wildman–Crippen MR) is 68.4 cm³/mol. The molecule has 0 bridgehead atoms.